The molecule has 8 nitrogen and oxygen atoms in total. The molecule has 0 bridgehead atoms. The van der Waals surface area contributed by atoms with Crippen LogP contribution in [0.2, 0.25) is 0 Å². The molecule has 25 heavy (non-hydrogen) atoms. The zero-order valence-corrected chi connectivity index (χ0v) is 14.7. The van der Waals surface area contributed by atoms with E-state index in [1.165, 1.54) is 6.33 Å². The quantitative estimate of drug-likeness (QED) is 0.853. The predicted octanol–water partition coefficient (Wildman–Crippen LogP) is 1.40. The summed E-state index contributed by atoms with van der Waals surface area (Å²) >= 11 is 0. The maximum absolute atomic E-state index is 12.5. The number of morpholine rings is 1. The topological polar surface area (TPSA) is 85.2 Å². The third-order valence-corrected chi connectivity index (χ3v) is 4.26. The van der Waals surface area contributed by atoms with Crippen molar-refractivity contribution in [2.24, 2.45) is 0 Å². The molecule has 0 aromatic carbocycles. The van der Waals surface area contributed by atoms with Gasteiger partial charge in [0.05, 0.1) is 18.8 Å². The summed E-state index contributed by atoms with van der Waals surface area (Å²) in [7, 11) is 1.88. The molecule has 0 spiro atoms. The van der Waals surface area contributed by atoms with Gasteiger partial charge in [-0.1, -0.05) is 0 Å². The molecule has 0 radical (unpaired) electrons. The van der Waals surface area contributed by atoms with Gasteiger partial charge in [0, 0.05) is 37.9 Å². The Kier molecular flexibility index (Phi) is 5.60. The zero-order valence-electron chi connectivity index (χ0n) is 14.7. The predicted molar refractivity (Wildman–Crippen MR) is 93.0 cm³/mol. The molecule has 1 fully saturated rings. The van der Waals surface area contributed by atoms with Crippen LogP contribution in [0.5, 0.6) is 0 Å². The molecule has 1 amide bonds. The molecule has 8 heteroatoms. The highest BCUT2D eigenvalue weighted by atomic mass is 16.5. The van der Waals surface area contributed by atoms with Gasteiger partial charge < -0.3 is 15.0 Å². The molecule has 2 aromatic rings. The van der Waals surface area contributed by atoms with Gasteiger partial charge in [0.1, 0.15) is 18.8 Å². The Balaban J connectivity index is 1.57. The van der Waals surface area contributed by atoms with E-state index in [1.54, 1.807) is 11.0 Å². The Morgan fingerprint density at radius 1 is 1.44 bits per heavy atom. The van der Waals surface area contributed by atoms with Gasteiger partial charge in [0.15, 0.2) is 0 Å². The van der Waals surface area contributed by atoms with E-state index in [4.69, 9.17) is 4.74 Å². The number of anilines is 1. The number of hydrogen-bond acceptors (Lipinski definition) is 6. The smallest absolute Gasteiger partial charge is 0.222 e. The fourth-order valence-electron chi connectivity index (χ4n) is 2.96. The number of hydrogen-bond donors (Lipinski definition) is 1. The SMILES string of the molecule is CNc1cc(C)nc([C@H]2CN(C(=O)CCCn3cncn3)CCO2)c1. The fourth-order valence-corrected chi connectivity index (χ4v) is 2.96. The molecule has 0 saturated carbocycles. The Morgan fingerprint density at radius 2 is 2.32 bits per heavy atom. The number of pyridine rings is 1. The fraction of sp³-hybridized carbons (Fsp3) is 0.529. The summed E-state index contributed by atoms with van der Waals surface area (Å²) in [6.07, 6.45) is 4.23. The molecule has 3 heterocycles. The second kappa shape index (κ2) is 8.06. The number of rotatable bonds is 6. The summed E-state index contributed by atoms with van der Waals surface area (Å²) in [5, 5.41) is 7.18. The molecule has 0 aliphatic carbocycles. The minimum atomic E-state index is -0.181. The molecular weight excluding hydrogens is 320 g/mol. The van der Waals surface area contributed by atoms with Crippen molar-refractivity contribution in [3.63, 3.8) is 0 Å². The minimum absolute atomic E-state index is 0.148. The molecule has 1 aliphatic heterocycles. The first kappa shape index (κ1) is 17.3. The van der Waals surface area contributed by atoms with E-state index < -0.39 is 0 Å². The Morgan fingerprint density at radius 3 is 3.08 bits per heavy atom. The van der Waals surface area contributed by atoms with Gasteiger partial charge in [-0.2, -0.15) is 5.10 Å². The summed E-state index contributed by atoms with van der Waals surface area (Å²) in [4.78, 5) is 22.8. The van der Waals surface area contributed by atoms with Crippen molar-refractivity contribution in [3.05, 3.63) is 36.2 Å². The van der Waals surface area contributed by atoms with Crippen LogP contribution in [0.4, 0.5) is 5.69 Å². The molecule has 1 saturated heterocycles. The summed E-state index contributed by atoms with van der Waals surface area (Å²) in [5.41, 5.74) is 2.80. The van der Waals surface area contributed by atoms with Crippen LogP contribution < -0.4 is 5.32 Å². The highest BCUT2D eigenvalue weighted by Crippen LogP contribution is 2.24. The van der Waals surface area contributed by atoms with E-state index in [2.05, 4.69) is 20.4 Å². The number of aryl methyl sites for hydroxylation is 2. The van der Waals surface area contributed by atoms with Crippen molar-refractivity contribution >= 4 is 11.6 Å². The monoisotopic (exact) mass is 344 g/mol. The molecule has 0 unspecified atom stereocenters. The summed E-state index contributed by atoms with van der Waals surface area (Å²) in [5.74, 6) is 0.148. The second-order valence-electron chi connectivity index (χ2n) is 6.13. The van der Waals surface area contributed by atoms with Crippen LogP contribution in [0.1, 0.15) is 30.3 Å². The van der Waals surface area contributed by atoms with Crippen LogP contribution in [-0.2, 0) is 16.1 Å². The molecule has 1 N–H and O–H groups in total. The molecule has 1 atom stereocenters. The van der Waals surface area contributed by atoms with Gasteiger partial charge in [-0.3, -0.25) is 14.5 Å². The van der Waals surface area contributed by atoms with E-state index in [0.717, 1.165) is 23.5 Å². The maximum Gasteiger partial charge on any atom is 0.222 e. The van der Waals surface area contributed by atoms with E-state index in [0.29, 0.717) is 32.7 Å². The first-order chi connectivity index (χ1) is 12.2. The Hall–Kier alpha value is -2.48. The zero-order chi connectivity index (χ0) is 17.6. The summed E-state index contributed by atoms with van der Waals surface area (Å²) < 4.78 is 7.60. The average molecular weight is 344 g/mol. The van der Waals surface area contributed by atoms with Crippen LogP contribution >= 0.6 is 0 Å². The normalized spacial score (nSPS) is 17.5. The van der Waals surface area contributed by atoms with Gasteiger partial charge in [-0.25, -0.2) is 4.98 Å². The van der Waals surface area contributed by atoms with Crippen molar-refractivity contribution in [2.75, 3.05) is 32.1 Å². The largest absolute Gasteiger partial charge is 0.388 e. The number of nitrogens with zero attached hydrogens (tertiary/aromatic N) is 5. The lowest BCUT2D eigenvalue weighted by Gasteiger charge is -2.33. The highest BCUT2D eigenvalue weighted by molar-refractivity contribution is 5.76. The molecule has 3 rings (SSSR count). The Labute approximate surface area is 147 Å². The molecule has 134 valence electrons. The first-order valence-corrected chi connectivity index (χ1v) is 8.54. The third-order valence-electron chi connectivity index (χ3n) is 4.26. The van der Waals surface area contributed by atoms with Gasteiger partial charge in [0.2, 0.25) is 5.91 Å². The van der Waals surface area contributed by atoms with E-state index in [1.807, 2.05) is 31.0 Å². The van der Waals surface area contributed by atoms with Crippen LogP contribution in [0.3, 0.4) is 0 Å². The van der Waals surface area contributed by atoms with Crippen LogP contribution in [0.25, 0.3) is 0 Å². The standard InChI is InChI=1S/C17H24N6O2/c1-13-8-14(18-2)9-15(21-13)16-10-22(6-7-25-16)17(24)4-3-5-23-12-19-11-20-23/h8-9,11-12,16H,3-7,10H2,1-2H3,(H,18,21)/t16-/m1/s1. The highest BCUT2D eigenvalue weighted by Gasteiger charge is 2.26. The summed E-state index contributed by atoms with van der Waals surface area (Å²) in [6.45, 7) is 4.36. The molecule has 1 aliphatic rings. The molecular formula is C17H24N6O2. The van der Waals surface area contributed by atoms with Crippen molar-refractivity contribution in [1.82, 2.24) is 24.6 Å². The van der Waals surface area contributed by atoms with Gasteiger partial charge in [-0.05, 0) is 25.5 Å². The van der Waals surface area contributed by atoms with Crippen molar-refractivity contribution in [2.45, 2.75) is 32.4 Å². The number of ether oxygens (including phenoxy) is 1. The lowest BCUT2D eigenvalue weighted by molar-refractivity contribution is -0.139. The third kappa shape index (κ3) is 4.54. The summed E-state index contributed by atoms with van der Waals surface area (Å²) in [6, 6.07) is 3.97. The number of carbonyl (C=O) groups excluding carboxylic acids is 1. The average Bonchev–Trinajstić information content (AvgIpc) is 3.14. The van der Waals surface area contributed by atoms with Crippen molar-refractivity contribution in [1.29, 1.82) is 0 Å². The number of aromatic nitrogens is 4. The van der Waals surface area contributed by atoms with Crippen LogP contribution in [0, 0.1) is 6.92 Å². The second-order valence-corrected chi connectivity index (χ2v) is 6.13. The number of nitrogens with one attached hydrogen (secondary N) is 1. The van der Waals surface area contributed by atoms with Crippen LogP contribution in [0.15, 0.2) is 24.8 Å². The van der Waals surface area contributed by atoms with E-state index in [-0.39, 0.29) is 12.0 Å². The number of carbonyl (C=O) groups is 1. The van der Waals surface area contributed by atoms with Crippen molar-refractivity contribution in [3.8, 4) is 0 Å². The van der Waals surface area contributed by atoms with E-state index >= 15 is 0 Å². The lowest BCUT2D eigenvalue weighted by atomic mass is 10.1. The van der Waals surface area contributed by atoms with E-state index in [9.17, 15) is 4.79 Å². The van der Waals surface area contributed by atoms with Gasteiger partial charge >= 0.3 is 0 Å². The Bertz CT molecular complexity index is 703. The number of amides is 1. The van der Waals surface area contributed by atoms with Crippen LogP contribution in [-0.4, -0.2) is 57.3 Å². The van der Waals surface area contributed by atoms with Gasteiger partial charge in [-0.15, -0.1) is 0 Å². The van der Waals surface area contributed by atoms with Gasteiger partial charge in [0.25, 0.3) is 0 Å². The molecule has 2 aromatic heterocycles. The van der Waals surface area contributed by atoms with Crippen molar-refractivity contribution < 1.29 is 9.53 Å². The maximum atomic E-state index is 12.5. The first-order valence-electron chi connectivity index (χ1n) is 8.54. The minimum Gasteiger partial charge on any atom is -0.388 e. The lowest BCUT2D eigenvalue weighted by Crippen LogP contribution is -2.42.